The van der Waals surface area contributed by atoms with Crippen LogP contribution in [0.3, 0.4) is 0 Å². The number of rotatable bonds is 8. The van der Waals surface area contributed by atoms with Crippen molar-refractivity contribution in [3.05, 3.63) is 11.6 Å². The van der Waals surface area contributed by atoms with Crippen molar-refractivity contribution in [2.24, 2.45) is 21.8 Å². The number of aliphatic imine (C=N–C) groups is 2. The van der Waals surface area contributed by atoms with E-state index in [-0.39, 0.29) is 12.0 Å². The highest BCUT2D eigenvalue weighted by molar-refractivity contribution is 6.09. The summed E-state index contributed by atoms with van der Waals surface area (Å²) < 4.78 is 5.74. The monoisotopic (exact) mass is 389 g/mol. The Kier molecular flexibility index (Phi) is 8.87. The second-order valence-corrected chi connectivity index (χ2v) is 7.68. The van der Waals surface area contributed by atoms with E-state index in [9.17, 15) is 9.59 Å². The van der Waals surface area contributed by atoms with E-state index in [1.165, 1.54) is 19.3 Å². The Morgan fingerprint density at radius 2 is 1.96 bits per heavy atom. The summed E-state index contributed by atoms with van der Waals surface area (Å²) in [4.78, 5) is 33.7. The fourth-order valence-electron chi connectivity index (χ4n) is 4.14. The van der Waals surface area contributed by atoms with Crippen molar-refractivity contribution in [1.29, 1.82) is 0 Å². The van der Waals surface area contributed by atoms with E-state index in [1.807, 2.05) is 33.8 Å². The SMILES string of the molecule is CCN=C(C)/C=C(\CC)C1NC(=O)N=C(CC)C1C(=O)OCC1CCCCC1. The molecule has 2 rings (SSSR count). The van der Waals surface area contributed by atoms with Gasteiger partial charge in [0, 0.05) is 18.0 Å². The van der Waals surface area contributed by atoms with Gasteiger partial charge in [0.15, 0.2) is 0 Å². The zero-order chi connectivity index (χ0) is 20.5. The third-order valence-electron chi connectivity index (χ3n) is 5.63. The molecule has 2 amide bonds. The average molecular weight is 390 g/mol. The fourth-order valence-corrected chi connectivity index (χ4v) is 4.14. The second kappa shape index (κ2) is 11.1. The van der Waals surface area contributed by atoms with Crippen LogP contribution in [0, 0.1) is 11.8 Å². The topological polar surface area (TPSA) is 80.1 Å². The Balaban J connectivity index is 2.23. The zero-order valence-corrected chi connectivity index (χ0v) is 17.8. The smallest absolute Gasteiger partial charge is 0.341 e. The number of nitrogens with one attached hydrogen (secondary N) is 1. The van der Waals surface area contributed by atoms with Crippen LogP contribution >= 0.6 is 0 Å². The molecule has 156 valence electrons. The lowest BCUT2D eigenvalue weighted by Crippen LogP contribution is -2.51. The maximum atomic E-state index is 13.0. The van der Waals surface area contributed by atoms with Crippen LogP contribution in [0.5, 0.6) is 0 Å². The van der Waals surface area contributed by atoms with Gasteiger partial charge >= 0.3 is 12.0 Å². The highest BCUT2D eigenvalue weighted by Gasteiger charge is 2.39. The Morgan fingerprint density at radius 3 is 2.57 bits per heavy atom. The van der Waals surface area contributed by atoms with Crippen LogP contribution in [0.1, 0.15) is 72.6 Å². The molecule has 0 aromatic rings. The van der Waals surface area contributed by atoms with Gasteiger partial charge in [-0.1, -0.05) is 33.1 Å². The lowest BCUT2D eigenvalue weighted by Gasteiger charge is -2.32. The molecule has 2 unspecified atom stereocenters. The van der Waals surface area contributed by atoms with Crippen molar-refractivity contribution < 1.29 is 14.3 Å². The minimum atomic E-state index is -0.563. The van der Waals surface area contributed by atoms with Crippen LogP contribution in [-0.2, 0) is 9.53 Å². The highest BCUT2D eigenvalue weighted by atomic mass is 16.5. The second-order valence-electron chi connectivity index (χ2n) is 7.68. The molecule has 0 radical (unpaired) electrons. The van der Waals surface area contributed by atoms with Gasteiger partial charge in [0.1, 0.15) is 5.92 Å². The van der Waals surface area contributed by atoms with Crippen molar-refractivity contribution >= 4 is 23.4 Å². The Labute approximate surface area is 168 Å². The van der Waals surface area contributed by atoms with Crippen LogP contribution in [0.15, 0.2) is 21.6 Å². The molecule has 1 heterocycles. The first-order chi connectivity index (χ1) is 13.5. The fraction of sp³-hybridized carbons (Fsp3) is 0.727. The molecule has 28 heavy (non-hydrogen) atoms. The predicted molar refractivity (Wildman–Crippen MR) is 113 cm³/mol. The summed E-state index contributed by atoms with van der Waals surface area (Å²) in [6, 6.07) is -0.812. The summed E-state index contributed by atoms with van der Waals surface area (Å²) in [6.07, 6.45) is 9.19. The van der Waals surface area contributed by atoms with Crippen molar-refractivity contribution in [2.45, 2.75) is 78.7 Å². The predicted octanol–water partition coefficient (Wildman–Crippen LogP) is 4.49. The van der Waals surface area contributed by atoms with Crippen molar-refractivity contribution in [3.63, 3.8) is 0 Å². The van der Waals surface area contributed by atoms with E-state index in [0.717, 1.165) is 24.1 Å². The molecule has 0 aromatic carbocycles. The molecule has 0 spiro atoms. The molecule has 6 heteroatoms. The molecule has 1 saturated carbocycles. The number of nitrogens with zero attached hydrogens (tertiary/aromatic N) is 2. The van der Waals surface area contributed by atoms with Gasteiger partial charge in [-0.15, -0.1) is 0 Å². The van der Waals surface area contributed by atoms with Crippen LogP contribution in [-0.4, -0.2) is 42.6 Å². The molecule has 1 aliphatic heterocycles. The maximum absolute atomic E-state index is 13.0. The number of hydrogen-bond donors (Lipinski definition) is 1. The first kappa shape index (κ1) is 22.3. The lowest BCUT2D eigenvalue weighted by atomic mass is 9.84. The largest absolute Gasteiger partial charge is 0.465 e. The van der Waals surface area contributed by atoms with Crippen molar-refractivity contribution in [1.82, 2.24) is 5.32 Å². The highest BCUT2D eigenvalue weighted by Crippen LogP contribution is 2.27. The van der Waals surface area contributed by atoms with Gasteiger partial charge in [-0.25, -0.2) is 9.79 Å². The molecule has 0 aromatic heterocycles. The normalized spacial score (nSPS) is 24.6. The summed E-state index contributed by atoms with van der Waals surface area (Å²) in [5, 5.41) is 2.90. The van der Waals surface area contributed by atoms with E-state index in [0.29, 0.717) is 37.6 Å². The number of carbonyl (C=O) groups is 2. The summed E-state index contributed by atoms with van der Waals surface area (Å²) in [5.74, 6) is -0.385. The van der Waals surface area contributed by atoms with Crippen molar-refractivity contribution in [3.8, 4) is 0 Å². The summed E-state index contributed by atoms with van der Waals surface area (Å²) in [6.45, 7) is 9.04. The standard InChI is InChI=1S/C22H35N3O3/c1-5-17(13-15(4)23-7-3)20-19(18(6-2)24-22(27)25-20)21(26)28-14-16-11-9-8-10-12-16/h13,16,19-20H,5-12,14H2,1-4H3,(H,25,27)/b17-13+,23-15?. The summed E-state index contributed by atoms with van der Waals surface area (Å²) in [5.41, 5.74) is 2.47. The van der Waals surface area contributed by atoms with Gasteiger partial charge < -0.3 is 10.1 Å². The lowest BCUT2D eigenvalue weighted by molar-refractivity contribution is -0.148. The maximum Gasteiger partial charge on any atom is 0.341 e. The molecule has 0 saturated heterocycles. The molecule has 0 bridgehead atoms. The molecule has 1 N–H and O–H groups in total. The zero-order valence-electron chi connectivity index (χ0n) is 17.8. The number of urea groups is 1. The number of allylic oxidation sites excluding steroid dienone is 1. The first-order valence-electron chi connectivity index (χ1n) is 10.8. The summed E-state index contributed by atoms with van der Waals surface area (Å²) >= 11 is 0. The number of carbonyl (C=O) groups excluding carboxylic acids is 2. The van der Waals surface area contributed by atoms with Crippen LogP contribution < -0.4 is 5.32 Å². The Bertz CT molecular complexity index is 645. The van der Waals surface area contributed by atoms with E-state index in [1.54, 1.807) is 0 Å². The number of esters is 1. The average Bonchev–Trinajstić information content (AvgIpc) is 2.70. The van der Waals surface area contributed by atoms with E-state index < -0.39 is 12.0 Å². The van der Waals surface area contributed by atoms with Gasteiger partial charge in [0.2, 0.25) is 0 Å². The van der Waals surface area contributed by atoms with Gasteiger partial charge in [0.05, 0.1) is 12.6 Å². The third kappa shape index (κ3) is 6.01. The summed E-state index contributed by atoms with van der Waals surface area (Å²) in [7, 11) is 0. The Morgan fingerprint density at radius 1 is 1.25 bits per heavy atom. The molecular formula is C22H35N3O3. The molecule has 1 fully saturated rings. The number of ether oxygens (including phenoxy) is 1. The number of amides is 2. The first-order valence-corrected chi connectivity index (χ1v) is 10.8. The molecular weight excluding hydrogens is 354 g/mol. The van der Waals surface area contributed by atoms with E-state index >= 15 is 0 Å². The quantitative estimate of drug-likeness (QED) is 0.491. The third-order valence-corrected chi connectivity index (χ3v) is 5.63. The molecule has 1 aliphatic carbocycles. The van der Waals surface area contributed by atoms with Gasteiger partial charge in [-0.2, -0.15) is 0 Å². The van der Waals surface area contributed by atoms with Crippen LogP contribution in [0.4, 0.5) is 4.79 Å². The minimum Gasteiger partial charge on any atom is -0.465 e. The number of hydrogen-bond acceptors (Lipinski definition) is 4. The van der Waals surface area contributed by atoms with Crippen LogP contribution in [0.2, 0.25) is 0 Å². The van der Waals surface area contributed by atoms with E-state index in [4.69, 9.17) is 4.74 Å². The van der Waals surface area contributed by atoms with Crippen molar-refractivity contribution in [2.75, 3.05) is 13.2 Å². The minimum absolute atomic E-state index is 0.277. The molecule has 2 atom stereocenters. The molecule has 6 nitrogen and oxygen atoms in total. The van der Waals surface area contributed by atoms with Gasteiger partial charge in [-0.3, -0.25) is 9.79 Å². The van der Waals surface area contributed by atoms with E-state index in [2.05, 4.69) is 15.3 Å². The molecule has 2 aliphatic rings. The van der Waals surface area contributed by atoms with Gasteiger partial charge in [-0.05, 0) is 57.1 Å². The Hall–Kier alpha value is -1.98. The van der Waals surface area contributed by atoms with Crippen LogP contribution in [0.25, 0.3) is 0 Å². The van der Waals surface area contributed by atoms with Gasteiger partial charge in [0.25, 0.3) is 0 Å².